The Bertz CT molecular complexity index is 808. The van der Waals surface area contributed by atoms with E-state index in [0.717, 1.165) is 37.1 Å². The summed E-state index contributed by atoms with van der Waals surface area (Å²) in [4.78, 5) is 23.8. The highest BCUT2D eigenvalue weighted by atomic mass is 35.5. The molecule has 0 saturated carbocycles. The molecule has 1 atom stereocenters. The summed E-state index contributed by atoms with van der Waals surface area (Å²) in [5.74, 6) is 1.20. The summed E-state index contributed by atoms with van der Waals surface area (Å²) in [6.07, 6.45) is 4.29. The van der Waals surface area contributed by atoms with Gasteiger partial charge < -0.3 is 10.2 Å². The molecule has 1 aliphatic heterocycles. The number of carbonyl (C=O) groups excluding carboxylic acids is 1. The van der Waals surface area contributed by atoms with Crippen LogP contribution in [-0.4, -0.2) is 33.4 Å². The number of hydrogen-bond donors (Lipinski definition) is 1. The van der Waals surface area contributed by atoms with Gasteiger partial charge >= 0.3 is 0 Å². The fourth-order valence-electron chi connectivity index (χ4n) is 3.49. The second-order valence-corrected chi connectivity index (χ2v) is 7.26. The highest BCUT2D eigenvalue weighted by Crippen LogP contribution is 2.25. The van der Waals surface area contributed by atoms with Gasteiger partial charge in [0.15, 0.2) is 0 Å². The fraction of sp³-hybridized carbons (Fsp3) is 0.450. The molecule has 3 rings (SSSR count). The number of aromatic nitrogens is 2. The number of nitrogens with zero attached hydrogens (tertiary/aromatic N) is 3. The molecule has 6 heteroatoms. The lowest BCUT2D eigenvalue weighted by molar-refractivity contribution is 0.0601. The summed E-state index contributed by atoms with van der Waals surface area (Å²) < 4.78 is 0. The molecule has 0 spiro atoms. The number of aryl methyl sites for hydroxylation is 2. The van der Waals surface area contributed by atoms with Gasteiger partial charge in [-0.15, -0.1) is 0 Å². The number of nitrogens with one attached hydrogen (secondary N) is 1. The third-order valence-electron chi connectivity index (χ3n) is 4.87. The van der Waals surface area contributed by atoms with Crippen LogP contribution in [0.3, 0.4) is 0 Å². The van der Waals surface area contributed by atoms with Crippen molar-refractivity contribution in [3.05, 3.63) is 46.4 Å². The third kappa shape index (κ3) is 4.15. The van der Waals surface area contributed by atoms with E-state index in [2.05, 4.69) is 22.2 Å². The van der Waals surface area contributed by atoms with Crippen molar-refractivity contribution in [3.63, 3.8) is 0 Å². The van der Waals surface area contributed by atoms with E-state index in [4.69, 9.17) is 11.6 Å². The maximum Gasteiger partial charge on any atom is 0.272 e. The predicted molar refractivity (Wildman–Crippen MR) is 105 cm³/mol. The summed E-state index contributed by atoms with van der Waals surface area (Å²) in [7, 11) is 0. The van der Waals surface area contributed by atoms with Crippen LogP contribution < -0.4 is 5.32 Å². The molecule has 1 aliphatic rings. The first-order chi connectivity index (χ1) is 12.5. The summed E-state index contributed by atoms with van der Waals surface area (Å²) in [6, 6.07) is 7.68. The maximum atomic E-state index is 13.0. The van der Waals surface area contributed by atoms with Crippen LogP contribution in [0.4, 0.5) is 11.5 Å². The fourth-order valence-corrected chi connectivity index (χ4v) is 3.71. The first-order valence-corrected chi connectivity index (χ1v) is 9.55. The lowest BCUT2D eigenvalue weighted by atomic mass is 9.99. The van der Waals surface area contributed by atoms with Crippen LogP contribution in [0.2, 0.25) is 5.02 Å². The van der Waals surface area contributed by atoms with Gasteiger partial charge in [-0.25, -0.2) is 9.97 Å². The topological polar surface area (TPSA) is 58.1 Å². The minimum Gasteiger partial charge on any atom is -0.340 e. The van der Waals surface area contributed by atoms with Crippen molar-refractivity contribution in [2.24, 2.45) is 0 Å². The molecule has 2 aromatic rings. The van der Waals surface area contributed by atoms with Crippen molar-refractivity contribution in [3.8, 4) is 0 Å². The SMILES string of the molecule is CCC1CCCCN1C(=O)c1cc(Nc2ccc(Cl)cc2C)nc(C)n1. The van der Waals surface area contributed by atoms with Crippen molar-refractivity contribution >= 4 is 29.0 Å². The monoisotopic (exact) mass is 372 g/mol. The Morgan fingerprint density at radius 1 is 1.27 bits per heavy atom. The van der Waals surface area contributed by atoms with Gasteiger partial charge in [0.1, 0.15) is 17.3 Å². The Balaban J connectivity index is 1.86. The molecule has 1 aromatic carbocycles. The van der Waals surface area contributed by atoms with Gasteiger partial charge in [0.25, 0.3) is 5.91 Å². The summed E-state index contributed by atoms with van der Waals surface area (Å²) in [5.41, 5.74) is 2.38. The minimum atomic E-state index is -0.00192. The number of anilines is 2. The molecule has 1 N–H and O–H groups in total. The van der Waals surface area contributed by atoms with E-state index < -0.39 is 0 Å². The molecule has 5 nitrogen and oxygen atoms in total. The molecule has 1 aromatic heterocycles. The maximum absolute atomic E-state index is 13.0. The van der Waals surface area contributed by atoms with E-state index in [1.807, 2.05) is 36.9 Å². The largest absolute Gasteiger partial charge is 0.340 e. The average Bonchev–Trinajstić information content (AvgIpc) is 2.63. The van der Waals surface area contributed by atoms with Crippen LogP contribution in [0, 0.1) is 13.8 Å². The minimum absolute atomic E-state index is 0.00192. The average molecular weight is 373 g/mol. The first kappa shape index (κ1) is 18.6. The lowest BCUT2D eigenvalue weighted by Crippen LogP contribution is -2.43. The lowest BCUT2D eigenvalue weighted by Gasteiger charge is -2.35. The Kier molecular flexibility index (Phi) is 5.77. The number of carbonyl (C=O) groups is 1. The van der Waals surface area contributed by atoms with Crippen LogP contribution in [-0.2, 0) is 0 Å². The summed E-state index contributed by atoms with van der Waals surface area (Å²) in [5, 5.41) is 3.98. The van der Waals surface area contributed by atoms with Crippen LogP contribution in [0.5, 0.6) is 0 Å². The zero-order valence-electron chi connectivity index (χ0n) is 15.6. The van der Waals surface area contributed by atoms with E-state index in [9.17, 15) is 4.79 Å². The highest BCUT2D eigenvalue weighted by Gasteiger charge is 2.27. The van der Waals surface area contributed by atoms with Crippen molar-refractivity contribution in [2.45, 2.75) is 52.5 Å². The van der Waals surface area contributed by atoms with Gasteiger partial charge in [0.05, 0.1) is 0 Å². The van der Waals surface area contributed by atoms with Crippen LogP contribution >= 0.6 is 11.6 Å². The Labute approximate surface area is 159 Å². The normalized spacial score (nSPS) is 17.2. The number of amides is 1. The molecule has 26 heavy (non-hydrogen) atoms. The smallest absolute Gasteiger partial charge is 0.272 e. The number of hydrogen-bond acceptors (Lipinski definition) is 4. The van der Waals surface area contributed by atoms with E-state index in [0.29, 0.717) is 28.4 Å². The van der Waals surface area contributed by atoms with Gasteiger partial charge in [-0.05, 0) is 63.3 Å². The first-order valence-electron chi connectivity index (χ1n) is 9.17. The van der Waals surface area contributed by atoms with Gasteiger partial charge in [-0.3, -0.25) is 4.79 Å². The summed E-state index contributed by atoms with van der Waals surface area (Å²) in [6.45, 7) is 6.73. The van der Waals surface area contributed by atoms with E-state index >= 15 is 0 Å². The Morgan fingerprint density at radius 3 is 2.81 bits per heavy atom. The Morgan fingerprint density at radius 2 is 2.08 bits per heavy atom. The van der Waals surface area contributed by atoms with Crippen molar-refractivity contribution in [1.29, 1.82) is 0 Å². The van der Waals surface area contributed by atoms with Gasteiger partial charge in [0, 0.05) is 29.4 Å². The highest BCUT2D eigenvalue weighted by molar-refractivity contribution is 6.30. The Hall–Kier alpha value is -2.14. The molecule has 0 aliphatic carbocycles. The van der Waals surface area contributed by atoms with E-state index in [1.54, 1.807) is 6.07 Å². The molecule has 138 valence electrons. The second kappa shape index (κ2) is 8.04. The second-order valence-electron chi connectivity index (χ2n) is 6.83. The quantitative estimate of drug-likeness (QED) is 0.829. The van der Waals surface area contributed by atoms with Crippen LogP contribution in [0.15, 0.2) is 24.3 Å². The van der Waals surface area contributed by atoms with E-state index in [-0.39, 0.29) is 5.91 Å². The molecule has 0 radical (unpaired) electrons. The number of piperidine rings is 1. The summed E-state index contributed by atoms with van der Waals surface area (Å²) >= 11 is 6.02. The number of likely N-dealkylation sites (tertiary alicyclic amines) is 1. The zero-order valence-corrected chi connectivity index (χ0v) is 16.3. The number of benzene rings is 1. The molecule has 1 fully saturated rings. The number of rotatable bonds is 4. The van der Waals surface area contributed by atoms with Crippen molar-refractivity contribution in [2.75, 3.05) is 11.9 Å². The van der Waals surface area contributed by atoms with Crippen LogP contribution in [0.25, 0.3) is 0 Å². The van der Waals surface area contributed by atoms with Crippen molar-refractivity contribution in [1.82, 2.24) is 14.9 Å². The molecule has 2 heterocycles. The molecular formula is C20H25ClN4O. The standard InChI is InChI=1S/C20H25ClN4O/c1-4-16-7-5-6-10-25(16)20(26)18-12-19(23-14(3)22-18)24-17-9-8-15(21)11-13(17)2/h8-9,11-12,16H,4-7,10H2,1-3H3,(H,22,23,24). The van der Waals surface area contributed by atoms with Gasteiger partial charge in [-0.1, -0.05) is 18.5 Å². The zero-order chi connectivity index (χ0) is 18.7. The third-order valence-corrected chi connectivity index (χ3v) is 5.10. The van der Waals surface area contributed by atoms with Gasteiger partial charge in [-0.2, -0.15) is 0 Å². The predicted octanol–water partition coefficient (Wildman–Crippen LogP) is 4.90. The molecule has 1 unspecified atom stereocenters. The molecule has 1 saturated heterocycles. The van der Waals surface area contributed by atoms with Crippen LogP contribution in [0.1, 0.15) is 54.5 Å². The van der Waals surface area contributed by atoms with E-state index in [1.165, 1.54) is 6.42 Å². The molecular weight excluding hydrogens is 348 g/mol. The number of halogens is 1. The van der Waals surface area contributed by atoms with Gasteiger partial charge in [0.2, 0.25) is 0 Å². The molecule has 0 bridgehead atoms. The molecule has 1 amide bonds. The van der Waals surface area contributed by atoms with Crippen molar-refractivity contribution < 1.29 is 4.79 Å².